The van der Waals surface area contributed by atoms with Crippen LogP contribution in [0.2, 0.25) is 10.0 Å². The Bertz CT molecular complexity index is 1110. The highest BCUT2D eigenvalue weighted by atomic mass is 35.5. The van der Waals surface area contributed by atoms with Crippen LogP contribution in [0.15, 0.2) is 47.6 Å². The number of carbonyl (C=O) groups excluding carboxylic acids is 2. The van der Waals surface area contributed by atoms with Crippen molar-refractivity contribution in [2.24, 2.45) is 7.05 Å². The molecule has 0 fully saturated rings. The molecule has 162 valence electrons. The number of thioether (sulfide) groups is 1. The first-order valence-electron chi connectivity index (χ1n) is 9.06. The summed E-state index contributed by atoms with van der Waals surface area (Å²) in [7, 11) is 3.27. The maximum absolute atomic E-state index is 12.4. The SMILES string of the molecule is COc1ccccc1NC(=O)Cc1nnc(SCC(=O)Nc2ccc(Cl)cc2Cl)n1C. The lowest BCUT2D eigenvalue weighted by molar-refractivity contribution is -0.116. The number of benzene rings is 2. The number of methoxy groups -OCH3 is 1. The lowest BCUT2D eigenvalue weighted by Crippen LogP contribution is -2.17. The van der Waals surface area contributed by atoms with Crippen molar-refractivity contribution in [2.45, 2.75) is 11.6 Å². The molecule has 8 nitrogen and oxygen atoms in total. The molecule has 2 N–H and O–H groups in total. The maximum atomic E-state index is 12.4. The predicted octanol–water partition coefficient (Wildman–Crippen LogP) is 4.04. The van der Waals surface area contributed by atoms with Gasteiger partial charge >= 0.3 is 0 Å². The summed E-state index contributed by atoms with van der Waals surface area (Å²) < 4.78 is 6.91. The van der Waals surface area contributed by atoms with Gasteiger partial charge in [-0.15, -0.1) is 10.2 Å². The molecule has 0 aliphatic rings. The fourth-order valence-corrected chi connectivity index (χ4v) is 3.80. The van der Waals surface area contributed by atoms with Gasteiger partial charge in [0.2, 0.25) is 11.8 Å². The van der Waals surface area contributed by atoms with Crippen LogP contribution >= 0.6 is 35.0 Å². The number of anilines is 2. The van der Waals surface area contributed by atoms with E-state index in [1.165, 1.54) is 18.9 Å². The number of rotatable bonds is 8. The Kier molecular flexibility index (Phi) is 7.78. The monoisotopic (exact) mass is 479 g/mol. The number of ether oxygens (including phenoxy) is 1. The Morgan fingerprint density at radius 1 is 1.06 bits per heavy atom. The van der Waals surface area contributed by atoms with Crippen LogP contribution in [-0.2, 0) is 23.1 Å². The van der Waals surface area contributed by atoms with Crippen LogP contribution in [0.4, 0.5) is 11.4 Å². The first-order valence-corrected chi connectivity index (χ1v) is 10.8. The molecule has 31 heavy (non-hydrogen) atoms. The second-order valence-corrected chi connectivity index (χ2v) is 8.13. The Morgan fingerprint density at radius 3 is 2.55 bits per heavy atom. The van der Waals surface area contributed by atoms with Crippen molar-refractivity contribution in [3.05, 3.63) is 58.3 Å². The average Bonchev–Trinajstić information content (AvgIpc) is 3.08. The number of hydrogen-bond acceptors (Lipinski definition) is 6. The number of aromatic nitrogens is 3. The van der Waals surface area contributed by atoms with E-state index in [1.807, 2.05) is 6.07 Å². The standard InChI is InChI=1S/C20H19Cl2N5O3S/c1-27-17(10-18(28)24-15-5-3-4-6-16(15)30-2)25-26-20(27)31-11-19(29)23-14-8-7-12(21)9-13(14)22/h3-9H,10-11H2,1-2H3,(H,23,29)(H,24,28). The number of nitrogens with zero attached hydrogens (tertiary/aromatic N) is 3. The lowest BCUT2D eigenvalue weighted by atomic mass is 10.2. The Morgan fingerprint density at radius 2 is 1.81 bits per heavy atom. The van der Waals surface area contributed by atoms with Gasteiger partial charge in [0, 0.05) is 12.1 Å². The van der Waals surface area contributed by atoms with E-state index in [0.29, 0.717) is 38.2 Å². The van der Waals surface area contributed by atoms with Crippen molar-refractivity contribution in [3.63, 3.8) is 0 Å². The van der Waals surface area contributed by atoms with E-state index in [4.69, 9.17) is 27.9 Å². The fourth-order valence-electron chi connectivity index (χ4n) is 2.62. The number of nitrogens with one attached hydrogen (secondary N) is 2. The van der Waals surface area contributed by atoms with Gasteiger partial charge in [-0.2, -0.15) is 0 Å². The zero-order chi connectivity index (χ0) is 22.4. The van der Waals surface area contributed by atoms with Gasteiger partial charge in [0.05, 0.1) is 35.7 Å². The summed E-state index contributed by atoms with van der Waals surface area (Å²) in [6.45, 7) is 0. The second-order valence-electron chi connectivity index (χ2n) is 6.34. The normalized spacial score (nSPS) is 10.6. The Hall–Kier alpha value is -2.75. The van der Waals surface area contributed by atoms with Crippen molar-refractivity contribution in [2.75, 3.05) is 23.5 Å². The minimum Gasteiger partial charge on any atom is -0.495 e. The van der Waals surface area contributed by atoms with Gasteiger partial charge in [-0.25, -0.2) is 0 Å². The molecule has 0 radical (unpaired) electrons. The third-order valence-electron chi connectivity index (χ3n) is 4.16. The number of carbonyl (C=O) groups is 2. The fraction of sp³-hybridized carbons (Fsp3) is 0.200. The topological polar surface area (TPSA) is 98.1 Å². The number of para-hydroxylation sites is 2. The summed E-state index contributed by atoms with van der Waals surface area (Å²) in [5, 5.41) is 15.0. The van der Waals surface area contributed by atoms with Gasteiger partial charge in [-0.3, -0.25) is 9.59 Å². The van der Waals surface area contributed by atoms with Gasteiger partial charge < -0.3 is 19.9 Å². The van der Waals surface area contributed by atoms with E-state index in [-0.39, 0.29) is 24.0 Å². The Labute approximate surface area is 193 Å². The summed E-state index contributed by atoms with van der Waals surface area (Å²) in [6, 6.07) is 12.0. The molecule has 0 aliphatic carbocycles. The smallest absolute Gasteiger partial charge is 0.234 e. The highest BCUT2D eigenvalue weighted by molar-refractivity contribution is 7.99. The number of halogens is 2. The van der Waals surface area contributed by atoms with Crippen molar-refractivity contribution in [3.8, 4) is 5.75 Å². The first-order chi connectivity index (χ1) is 14.9. The van der Waals surface area contributed by atoms with Crippen LogP contribution in [-0.4, -0.2) is 39.4 Å². The van der Waals surface area contributed by atoms with Gasteiger partial charge in [-0.1, -0.05) is 47.1 Å². The Balaban J connectivity index is 1.56. The number of hydrogen-bond donors (Lipinski definition) is 2. The second kappa shape index (κ2) is 10.5. The summed E-state index contributed by atoms with van der Waals surface area (Å²) in [6.07, 6.45) is 0.0225. The van der Waals surface area contributed by atoms with Gasteiger partial charge in [0.15, 0.2) is 5.16 Å². The maximum Gasteiger partial charge on any atom is 0.234 e. The van der Waals surface area contributed by atoms with Crippen LogP contribution in [0.3, 0.4) is 0 Å². The molecular formula is C20H19Cl2N5O3S. The molecule has 2 amide bonds. The molecule has 0 saturated heterocycles. The molecule has 0 aliphatic heterocycles. The quantitative estimate of drug-likeness (QED) is 0.473. The molecule has 1 aromatic heterocycles. The third-order valence-corrected chi connectivity index (χ3v) is 5.73. The van der Waals surface area contributed by atoms with Gasteiger partial charge in [-0.05, 0) is 30.3 Å². The highest BCUT2D eigenvalue weighted by Gasteiger charge is 2.16. The molecule has 0 saturated carbocycles. The van der Waals surface area contributed by atoms with E-state index in [1.54, 1.807) is 48.0 Å². The molecule has 11 heteroatoms. The molecule has 3 rings (SSSR count). The minimum absolute atomic E-state index is 0.0225. The lowest BCUT2D eigenvalue weighted by Gasteiger charge is -2.09. The molecule has 0 unspecified atom stereocenters. The van der Waals surface area contributed by atoms with Crippen LogP contribution in [0.25, 0.3) is 0 Å². The van der Waals surface area contributed by atoms with E-state index in [9.17, 15) is 9.59 Å². The molecule has 2 aromatic carbocycles. The summed E-state index contributed by atoms with van der Waals surface area (Å²) >= 11 is 13.1. The van der Waals surface area contributed by atoms with Crippen molar-refractivity contribution >= 4 is 58.2 Å². The summed E-state index contributed by atoms with van der Waals surface area (Å²) in [5.41, 5.74) is 1.05. The van der Waals surface area contributed by atoms with E-state index < -0.39 is 0 Å². The van der Waals surface area contributed by atoms with Crippen molar-refractivity contribution in [1.29, 1.82) is 0 Å². The van der Waals surface area contributed by atoms with E-state index in [0.717, 1.165) is 0 Å². The summed E-state index contributed by atoms with van der Waals surface area (Å²) in [4.78, 5) is 24.6. The van der Waals surface area contributed by atoms with E-state index >= 15 is 0 Å². The molecule has 1 heterocycles. The minimum atomic E-state index is -0.258. The third kappa shape index (κ3) is 6.13. The molecular weight excluding hydrogens is 461 g/mol. The van der Waals surface area contributed by atoms with Gasteiger partial charge in [0.1, 0.15) is 11.6 Å². The molecule has 0 atom stereocenters. The highest BCUT2D eigenvalue weighted by Crippen LogP contribution is 2.26. The van der Waals surface area contributed by atoms with Crippen LogP contribution in [0, 0.1) is 0 Å². The van der Waals surface area contributed by atoms with Crippen molar-refractivity contribution in [1.82, 2.24) is 14.8 Å². The number of amides is 2. The predicted molar refractivity (Wildman–Crippen MR) is 122 cm³/mol. The van der Waals surface area contributed by atoms with Crippen LogP contribution < -0.4 is 15.4 Å². The molecule has 0 spiro atoms. The summed E-state index contributed by atoms with van der Waals surface area (Å²) in [5.74, 6) is 0.616. The van der Waals surface area contributed by atoms with Gasteiger partial charge in [0.25, 0.3) is 0 Å². The van der Waals surface area contributed by atoms with Crippen LogP contribution in [0.1, 0.15) is 5.82 Å². The average molecular weight is 480 g/mol. The van der Waals surface area contributed by atoms with Crippen LogP contribution in [0.5, 0.6) is 5.75 Å². The first kappa shape index (κ1) is 22.9. The zero-order valence-electron chi connectivity index (χ0n) is 16.7. The van der Waals surface area contributed by atoms with E-state index in [2.05, 4.69) is 20.8 Å². The molecule has 3 aromatic rings. The largest absolute Gasteiger partial charge is 0.495 e. The zero-order valence-corrected chi connectivity index (χ0v) is 19.0. The molecule has 0 bridgehead atoms. The van der Waals surface area contributed by atoms with Crippen molar-refractivity contribution < 1.29 is 14.3 Å².